The molecule has 4 heteroatoms. The van der Waals surface area contributed by atoms with Gasteiger partial charge in [-0.15, -0.1) is 0 Å². The number of ether oxygens (including phenoxy) is 2. The Hall–Kier alpha value is -0.770. The maximum atomic E-state index is 9.81. The van der Waals surface area contributed by atoms with Gasteiger partial charge in [0.05, 0.1) is 6.61 Å². The predicted molar refractivity (Wildman–Crippen MR) is 30.4 cm³/mol. The lowest BCUT2D eigenvalue weighted by molar-refractivity contribution is 0.0204. The quantitative estimate of drug-likeness (QED) is 0.577. The summed E-state index contributed by atoms with van der Waals surface area (Å²) in [7, 11) is 1.49. The molecule has 0 aromatic carbocycles. The van der Waals surface area contributed by atoms with Gasteiger partial charge in [-0.25, -0.2) is 4.79 Å². The van der Waals surface area contributed by atoms with Crippen molar-refractivity contribution in [2.75, 3.05) is 13.7 Å². The highest BCUT2D eigenvalue weighted by atomic mass is 16.7. The summed E-state index contributed by atoms with van der Waals surface area (Å²) in [6, 6.07) is 0. The van der Waals surface area contributed by atoms with Crippen LogP contribution in [0.5, 0.6) is 0 Å². The molecule has 0 radical (unpaired) electrons. The molecule has 0 saturated carbocycles. The predicted octanol–water partition coefficient (Wildman–Crippen LogP) is 0.716. The molecule has 0 amide bonds. The van der Waals surface area contributed by atoms with Gasteiger partial charge in [-0.3, -0.25) is 0 Å². The van der Waals surface area contributed by atoms with Crippen molar-refractivity contribution in [1.82, 2.24) is 0 Å². The lowest BCUT2D eigenvalue weighted by Gasteiger charge is -2.07. The highest BCUT2D eigenvalue weighted by Gasteiger charge is 2.04. The van der Waals surface area contributed by atoms with Crippen molar-refractivity contribution in [3.8, 4) is 0 Å². The first-order chi connectivity index (χ1) is 4.16. The molecule has 0 bridgehead atoms. The molecule has 1 N–H and O–H groups in total. The van der Waals surface area contributed by atoms with Crippen LogP contribution in [0.25, 0.3) is 0 Å². The van der Waals surface area contributed by atoms with E-state index in [9.17, 15) is 4.79 Å². The SMILES string of the molecule is COC[C@@H](C)OC(=O)O. The second kappa shape index (κ2) is 4.14. The van der Waals surface area contributed by atoms with E-state index in [2.05, 4.69) is 9.47 Å². The number of hydrogen-bond donors (Lipinski definition) is 1. The van der Waals surface area contributed by atoms with Gasteiger partial charge in [0.25, 0.3) is 0 Å². The van der Waals surface area contributed by atoms with Crippen LogP contribution in [-0.4, -0.2) is 31.1 Å². The van der Waals surface area contributed by atoms with Crippen LogP contribution in [0.1, 0.15) is 6.92 Å². The molecule has 0 aliphatic heterocycles. The largest absolute Gasteiger partial charge is 0.506 e. The van der Waals surface area contributed by atoms with Crippen molar-refractivity contribution >= 4 is 6.16 Å². The van der Waals surface area contributed by atoms with Gasteiger partial charge >= 0.3 is 6.16 Å². The van der Waals surface area contributed by atoms with Crippen LogP contribution in [-0.2, 0) is 9.47 Å². The molecular weight excluding hydrogens is 124 g/mol. The van der Waals surface area contributed by atoms with Gasteiger partial charge in [0.15, 0.2) is 0 Å². The molecule has 1 atom stereocenters. The van der Waals surface area contributed by atoms with Crippen molar-refractivity contribution in [3.05, 3.63) is 0 Å². The van der Waals surface area contributed by atoms with Gasteiger partial charge in [-0.2, -0.15) is 0 Å². The highest BCUT2D eigenvalue weighted by molar-refractivity contribution is 5.56. The monoisotopic (exact) mass is 134 g/mol. The Morgan fingerprint density at radius 3 is 2.67 bits per heavy atom. The Morgan fingerprint density at radius 1 is 1.78 bits per heavy atom. The summed E-state index contributed by atoms with van der Waals surface area (Å²) in [4.78, 5) is 9.81. The van der Waals surface area contributed by atoms with E-state index in [0.717, 1.165) is 0 Å². The Bertz CT molecular complexity index is 91.0. The molecule has 9 heavy (non-hydrogen) atoms. The number of hydrogen-bond acceptors (Lipinski definition) is 3. The summed E-state index contributed by atoms with van der Waals surface area (Å²) in [5, 5.41) is 8.03. The molecule has 0 aliphatic carbocycles. The van der Waals surface area contributed by atoms with Crippen LogP contribution >= 0.6 is 0 Å². The van der Waals surface area contributed by atoms with Crippen LogP contribution in [0, 0.1) is 0 Å². The van der Waals surface area contributed by atoms with Crippen molar-refractivity contribution in [2.24, 2.45) is 0 Å². The summed E-state index contributed by atoms with van der Waals surface area (Å²) < 4.78 is 8.90. The third kappa shape index (κ3) is 5.10. The fourth-order valence-corrected chi connectivity index (χ4v) is 0.441. The molecule has 0 unspecified atom stereocenters. The Kier molecular flexibility index (Phi) is 3.79. The minimum absolute atomic E-state index is 0.298. The van der Waals surface area contributed by atoms with Crippen LogP contribution in [0.3, 0.4) is 0 Å². The Morgan fingerprint density at radius 2 is 2.33 bits per heavy atom. The van der Waals surface area contributed by atoms with E-state index >= 15 is 0 Å². The van der Waals surface area contributed by atoms with Gasteiger partial charge in [-0.1, -0.05) is 0 Å². The summed E-state index contributed by atoms with van der Waals surface area (Å²) in [6.07, 6.45) is -1.65. The number of rotatable bonds is 3. The van der Waals surface area contributed by atoms with Crippen molar-refractivity contribution < 1.29 is 19.4 Å². The normalized spacial score (nSPS) is 12.7. The van der Waals surface area contributed by atoms with Crippen LogP contribution in [0.15, 0.2) is 0 Å². The molecule has 0 fully saturated rings. The smallest absolute Gasteiger partial charge is 0.450 e. The molecule has 4 nitrogen and oxygen atoms in total. The number of carboxylic acid groups (broad SMARTS) is 1. The minimum Gasteiger partial charge on any atom is -0.450 e. The van der Waals surface area contributed by atoms with Crippen molar-refractivity contribution in [2.45, 2.75) is 13.0 Å². The summed E-state index contributed by atoms with van der Waals surface area (Å²) >= 11 is 0. The molecule has 0 heterocycles. The van der Waals surface area contributed by atoms with E-state index in [4.69, 9.17) is 5.11 Å². The number of carbonyl (C=O) groups is 1. The Labute approximate surface area is 53.4 Å². The minimum atomic E-state index is -1.26. The first kappa shape index (κ1) is 8.23. The van der Waals surface area contributed by atoms with Gasteiger partial charge < -0.3 is 14.6 Å². The second-order valence-corrected chi connectivity index (χ2v) is 1.65. The summed E-state index contributed by atoms with van der Waals surface area (Å²) in [5.41, 5.74) is 0. The number of methoxy groups -OCH3 is 1. The van der Waals surface area contributed by atoms with Gasteiger partial charge in [-0.05, 0) is 6.92 Å². The fourth-order valence-electron chi connectivity index (χ4n) is 0.441. The topological polar surface area (TPSA) is 55.8 Å². The Balaban J connectivity index is 3.26. The average Bonchev–Trinajstić information content (AvgIpc) is 1.63. The summed E-state index contributed by atoms with van der Waals surface area (Å²) in [6.45, 7) is 1.92. The molecule has 0 aromatic rings. The average molecular weight is 134 g/mol. The van der Waals surface area contributed by atoms with Crippen molar-refractivity contribution in [3.63, 3.8) is 0 Å². The molecule has 0 saturated heterocycles. The maximum absolute atomic E-state index is 9.81. The van der Waals surface area contributed by atoms with E-state index in [0.29, 0.717) is 6.61 Å². The zero-order valence-electron chi connectivity index (χ0n) is 5.46. The zero-order chi connectivity index (χ0) is 7.28. The van der Waals surface area contributed by atoms with Crippen LogP contribution in [0.4, 0.5) is 4.79 Å². The lowest BCUT2D eigenvalue weighted by Crippen LogP contribution is -2.17. The first-order valence-corrected chi connectivity index (χ1v) is 2.55. The van der Waals surface area contributed by atoms with E-state index in [1.165, 1.54) is 7.11 Å². The standard InChI is InChI=1S/C5H10O4/c1-4(3-8-2)9-5(6)7/h4H,3H2,1-2H3,(H,6,7)/t4-/m1/s1. The van der Waals surface area contributed by atoms with Gasteiger partial charge in [0, 0.05) is 7.11 Å². The highest BCUT2D eigenvalue weighted by Crippen LogP contribution is 1.90. The molecule has 0 aliphatic rings. The van der Waals surface area contributed by atoms with E-state index in [-0.39, 0.29) is 6.10 Å². The van der Waals surface area contributed by atoms with E-state index in [1.807, 2.05) is 0 Å². The zero-order valence-corrected chi connectivity index (χ0v) is 5.46. The maximum Gasteiger partial charge on any atom is 0.506 e. The third-order valence-electron chi connectivity index (χ3n) is 0.703. The van der Waals surface area contributed by atoms with Gasteiger partial charge in [0.1, 0.15) is 6.10 Å². The molecule has 0 aromatic heterocycles. The summed E-state index contributed by atoms with van der Waals surface area (Å²) in [5.74, 6) is 0. The molecule has 54 valence electrons. The molecule has 0 rings (SSSR count). The van der Waals surface area contributed by atoms with E-state index < -0.39 is 6.16 Å². The molecule has 0 spiro atoms. The van der Waals surface area contributed by atoms with Crippen LogP contribution < -0.4 is 0 Å². The van der Waals surface area contributed by atoms with E-state index in [1.54, 1.807) is 6.92 Å². The van der Waals surface area contributed by atoms with Crippen LogP contribution in [0.2, 0.25) is 0 Å². The lowest BCUT2D eigenvalue weighted by atomic mass is 10.4. The fraction of sp³-hybridized carbons (Fsp3) is 0.800. The van der Waals surface area contributed by atoms with Gasteiger partial charge in [0.2, 0.25) is 0 Å². The molecular formula is C5H10O4. The first-order valence-electron chi connectivity index (χ1n) is 2.55. The van der Waals surface area contributed by atoms with Crippen molar-refractivity contribution in [1.29, 1.82) is 0 Å². The third-order valence-corrected chi connectivity index (χ3v) is 0.703. The second-order valence-electron chi connectivity index (χ2n) is 1.65.